The van der Waals surface area contributed by atoms with E-state index < -0.39 is 0 Å². The number of rotatable bonds is 1. The van der Waals surface area contributed by atoms with Gasteiger partial charge in [0.2, 0.25) is 0 Å². The third-order valence-electron chi connectivity index (χ3n) is 1.24. The van der Waals surface area contributed by atoms with Crippen LogP contribution in [0, 0.1) is 0 Å². The third-order valence-corrected chi connectivity index (χ3v) is 1.24. The first-order valence-corrected chi connectivity index (χ1v) is 2.50. The van der Waals surface area contributed by atoms with E-state index in [1.807, 2.05) is 0 Å². The molecule has 0 saturated carbocycles. The van der Waals surface area contributed by atoms with E-state index in [-0.39, 0.29) is 20.3 Å². The molecule has 0 aliphatic carbocycles. The summed E-state index contributed by atoms with van der Waals surface area (Å²) in [6.07, 6.45) is 2.35. The van der Waals surface area contributed by atoms with Gasteiger partial charge in [0.05, 0.1) is 12.2 Å². The van der Waals surface area contributed by atoms with Crippen LogP contribution < -0.4 is 18.9 Å². The fourth-order valence-corrected chi connectivity index (χ4v) is 0.659. The second-order valence-electron chi connectivity index (χ2n) is 1.79. The molecule has 0 aromatic rings. The summed E-state index contributed by atoms with van der Waals surface area (Å²) in [5, 5.41) is 0. The van der Waals surface area contributed by atoms with Gasteiger partial charge in [-0.15, -0.1) is 0 Å². The van der Waals surface area contributed by atoms with E-state index in [1.54, 1.807) is 0 Å². The van der Waals surface area contributed by atoms with E-state index in [0.717, 1.165) is 0 Å². The number of epoxide rings is 1. The average molecular weight is 94.1 g/mol. The van der Waals surface area contributed by atoms with E-state index in [4.69, 9.17) is 4.74 Å². The summed E-state index contributed by atoms with van der Waals surface area (Å²) in [6.45, 7) is 4.25. The SMILES string of the molecule is CCC1OC1C.[H-].[Li+]. The van der Waals surface area contributed by atoms with Gasteiger partial charge >= 0.3 is 18.9 Å². The van der Waals surface area contributed by atoms with Gasteiger partial charge in [-0.2, -0.15) is 0 Å². The Hall–Kier alpha value is 0.557. The van der Waals surface area contributed by atoms with Gasteiger partial charge in [-0.1, -0.05) is 6.92 Å². The fraction of sp³-hybridized carbons (Fsp3) is 1.00. The van der Waals surface area contributed by atoms with Gasteiger partial charge < -0.3 is 6.16 Å². The molecule has 0 radical (unpaired) electrons. The summed E-state index contributed by atoms with van der Waals surface area (Å²) in [5.74, 6) is 0. The van der Waals surface area contributed by atoms with E-state index >= 15 is 0 Å². The maximum atomic E-state index is 5.07. The molecule has 1 heterocycles. The molecule has 1 nitrogen and oxygen atoms in total. The van der Waals surface area contributed by atoms with Crippen molar-refractivity contribution in [2.75, 3.05) is 0 Å². The molecule has 0 amide bonds. The molecule has 2 unspecified atom stereocenters. The molecule has 1 aliphatic rings. The minimum Gasteiger partial charge on any atom is -1.00 e. The minimum atomic E-state index is 0. The van der Waals surface area contributed by atoms with Crippen LogP contribution in [0.15, 0.2) is 0 Å². The van der Waals surface area contributed by atoms with E-state index in [9.17, 15) is 0 Å². The number of hydrogen-bond donors (Lipinski definition) is 0. The minimum absolute atomic E-state index is 0. The zero-order valence-electron chi connectivity index (χ0n) is 6.27. The van der Waals surface area contributed by atoms with Crippen LogP contribution in [0.1, 0.15) is 21.7 Å². The maximum Gasteiger partial charge on any atom is 1.00 e. The van der Waals surface area contributed by atoms with Gasteiger partial charge in [0, 0.05) is 0 Å². The quantitative estimate of drug-likeness (QED) is 0.279. The van der Waals surface area contributed by atoms with Crippen molar-refractivity contribution in [1.29, 1.82) is 0 Å². The van der Waals surface area contributed by atoms with Crippen molar-refractivity contribution < 1.29 is 25.0 Å². The van der Waals surface area contributed by atoms with E-state index in [0.29, 0.717) is 12.2 Å². The molecule has 1 rings (SSSR count). The molecule has 2 atom stereocenters. The summed E-state index contributed by atoms with van der Waals surface area (Å²) in [4.78, 5) is 0. The van der Waals surface area contributed by atoms with Crippen molar-refractivity contribution in [3.8, 4) is 0 Å². The molecule has 2 heteroatoms. The Morgan fingerprint density at radius 2 is 2.14 bits per heavy atom. The van der Waals surface area contributed by atoms with Crippen LogP contribution in [0.5, 0.6) is 0 Å². The Bertz CT molecular complexity index is 58.4. The van der Waals surface area contributed by atoms with Gasteiger partial charge in [0.25, 0.3) is 0 Å². The van der Waals surface area contributed by atoms with Crippen LogP contribution in [0.4, 0.5) is 0 Å². The predicted octanol–water partition coefficient (Wildman–Crippen LogP) is -1.70. The Morgan fingerprint density at radius 1 is 1.71 bits per heavy atom. The summed E-state index contributed by atoms with van der Waals surface area (Å²) in [5.41, 5.74) is 0. The molecule has 0 aromatic carbocycles. The van der Waals surface area contributed by atoms with Crippen LogP contribution in [0.2, 0.25) is 0 Å². The molecule has 0 bridgehead atoms. The average Bonchev–Trinajstić information content (AvgIpc) is 2.19. The van der Waals surface area contributed by atoms with Gasteiger partial charge in [-0.3, -0.25) is 0 Å². The zero-order valence-corrected chi connectivity index (χ0v) is 5.27. The van der Waals surface area contributed by atoms with Gasteiger partial charge in [-0.25, -0.2) is 0 Å². The van der Waals surface area contributed by atoms with Crippen LogP contribution in [0.25, 0.3) is 0 Å². The molecule has 0 aromatic heterocycles. The number of hydrogen-bond acceptors (Lipinski definition) is 1. The topological polar surface area (TPSA) is 12.5 Å². The third kappa shape index (κ3) is 1.86. The molecular formula is C5H11LiO. The summed E-state index contributed by atoms with van der Waals surface area (Å²) >= 11 is 0. The molecule has 7 heavy (non-hydrogen) atoms. The first-order chi connectivity index (χ1) is 2.84. The normalized spacial score (nSPS) is 36.9. The van der Waals surface area contributed by atoms with Crippen molar-refractivity contribution >= 4 is 0 Å². The molecule has 0 N–H and O–H groups in total. The molecule has 1 saturated heterocycles. The van der Waals surface area contributed by atoms with Crippen molar-refractivity contribution in [3.63, 3.8) is 0 Å². The molecule has 0 spiro atoms. The Kier molecular flexibility index (Phi) is 2.99. The second kappa shape index (κ2) is 2.77. The Morgan fingerprint density at radius 3 is 2.14 bits per heavy atom. The largest absolute Gasteiger partial charge is 1.00 e. The van der Waals surface area contributed by atoms with E-state index in [2.05, 4.69) is 13.8 Å². The van der Waals surface area contributed by atoms with Crippen molar-refractivity contribution in [2.24, 2.45) is 0 Å². The first-order valence-electron chi connectivity index (χ1n) is 2.50. The Balaban J connectivity index is 0. The predicted molar refractivity (Wildman–Crippen MR) is 25.7 cm³/mol. The monoisotopic (exact) mass is 94.1 g/mol. The zero-order chi connectivity index (χ0) is 4.57. The van der Waals surface area contributed by atoms with Crippen LogP contribution >= 0.6 is 0 Å². The first kappa shape index (κ1) is 7.56. The smallest absolute Gasteiger partial charge is 1.00 e. The maximum absolute atomic E-state index is 5.07. The summed E-state index contributed by atoms with van der Waals surface area (Å²) < 4.78 is 5.07. The number of ether oxygens (including phenoxy) is 1. The van der Waals surface area contributed by atoms with Crippen LogP contribution in [0.3, 0.4) is 0 Å². The Labute approximate surface area is 58.1 Å². The molecule has 1 aliphatic heterocycles. The van der Waals surface area contributed by atoms with Crippen LogP contribution in [-0.4, -0.2) is 12.2 Å². The summed E-state index contributed by atoms with van der Waals surface area (Å²) in [7, 11) is 0. The summed E-state index contributed by atoms with van der Waals surface area (Å²) in [6, 6.07) is 0. The van der Waals surface area contributed by atoms with Gasteiger partial charge in [0.1, 0.15) is 0 Å². The molecular weight excluding hydrogens is 83.0 g/mol. The van der Waals surface area contributed by atoms with Crippen molar-refractivity contribution in [2.45, 2.75) is 32.5 Å². The van der Waals surface area contributed by atoms with Crippen molar-refractivity contribution in [1.82, 2.24) is 0 Å². The molecule has 38 valence electrons. The second-order valence-corrected chi connectivity index (χ2v) is 1.79. The standard InChI is InChI=1S/C5H10O.Li.H/c1-3-5-4(2)6-5;;/h4-5H,3H2,1-2H3;;/q;+1;-1. The van der Waals surface area contributed by atoms with Gasteiger partial charge in [0.15, 0.2) is 0 Å². The van der Waals surface area contributed by atoms with Crippen molar-refractivity contribution in [3.05, 3.63) is 0 Å². The van der Waals surface area contributed by atoms with Crippen LogP contribution in [-0.2, 0) is 4.74 Å². The van der Waals surface area contributed by atoms with E-state index in [1.165, 1.54) is 6.42 Å². The van der Waals surface area contributed by atoms with Gasteiger partial charge in [-0.05, 0) is 13.3 Å². The molecule has 1 fully saturated rings. The fourth-order valence-electron chi connectivity index (χ4n) is 0.659.